The molecule has 0 aliphatic heterocycles. The summed E-state index contributed by atoms with van der Waals surface area (Å²) in [6.07, 6.45) is 0. The molecule has 3 nitrogen and oxygen atoms in total. The van der Waals surface area contributed by atoms with E-state index in [2.05, 4.69) is 10.6 Å². The minimum atomic E-state index is -0.223. The van der Waals surface area contributed by atoms with Crippen LogP contribution in [0.15, 0.2) is 60.0 Å². The average molecular weight is 268 g/mol. The smallest absolute Gasteiger partial charge is 0.307 e. The molecule has 0 bridgehead atoms. The predicted octanol–water partition coefficient (Wildman–Crippen LogP) is 4.55. The number of thiophene rings is 1. The monoisotopic (exact) mass is 268 g/mol. The third kappa shape index (κ3) is 2.58. The Kier molecular flexibility index (Phi) is 3.16. The quantitative estimate of drug-likeness (QED) is 0.703. The lowest BCUT2D eigenvalue weighted by Gasteiger charge is -2.09. The van der Waals surface area contributed by atoms with Gasteiger partial charge in [0.2, 0.25) is 0 Å². The molecule has 0 fully saturated rings. The summed E-state index contributed by atoms with van der Waals surface area (Å²) >= 11 is 1.49. The molecule has 0 unspecified atom stereocenters. The first-order valence-electron chi connectivity index (χ1n) is 5.92. The summed E-state index contributed by atoms with van der Waals surface area (Å²) in [7, 11) is 0. The van der Waals surface area contributed by atoms with Crippen LogP contribution in [0.4, 0.5) is 15.5 Å². The van der Waals surface area contributed by atoms with Crippen molar-refractivity contribution in [2.75, 3.05) is 10.6 Å². The van der Waals surface area contributed by atoms with E-state index in [9.17, 15) is 4.79 Å². The topological polar surface area (TPSA) is 41.1 Å². The lowest BCUT2D eigenvalue weighted by atomic mass is 10.1. The molecule has 0 saturated heterocycles. The number of rotatable bonds is 2. The number of urea groups is 1. The van der Waals surface area contributed by atoms with Gasteiger partial charge in [-0.1, -0.05) is 36.4 Å². The first kappa shape index (κ1) is 11.7. The lowest BCUT2D eigenvalue weighted by molar-refractivity contribution is 0.262. The van der Waals surface area contributed by atoms with Gasteiger partial charge in [-0.2, -0.15) is 0 Å². The second-order valence-corrected chi connectivity index (χ2v) is 5.03. The Hall–Kier alpha value is -2.33. The molecule has 2 amide bonds. The van der Waals surface area contributed by atoms with Crippen molar-refractivity contribution in [2.24, 2.45) is 0 Å². The normalized spacial score (nSPS) is 10.3. The molecule has 0 aliphatic carbocycles. The van der Waals surface area contributed by atoms with Crippen molar-refractivity contribution in [1.29, 1.82) is 0 Å². The molecule has 4 heteroatoms. The summed E-state index contributed by atoms with van der Waals surface area (Å²) in [6.45, 7) is 0. The van der Waals surface area contributed by atoms with E-state index < -0.39 is 0 Å². The van der Waals surface area contributed by atoms with Crippen LogP contribution >= 0.6 is 11.3 Å². The summed E-state index contributed by atoms with van der Waals surface area (Å²) in [5.41, 5.74) is 0.812. The molecule has 19 heavy (non-hydrogen) atoms. The van der Waals surface area contributed by atoms with Gasteiger partial charge in [-0.25, -0.2) is 4.79 Å². The Morgan fingerprint density at radius 2 is 1.74 bits per heavy atom. The third-order valence-corrected chi connectivity index (χ3v) is 3.58. The van der Waals surface area contributed by atoms with E-state index in [0.717, 1.165) is 21.5 Å². The molecule has 1 heterocycles. The molecule has 3 aromatic rings. The van der Waals surface area contributed by atoms with Gasteiger partial charge < -0.3 is 5.32 Å². The molecule has 2 N–H and O–H groups in total. The number of benzene rings is 2. The second kappa shape index (κ2) is 5.12. The highest BCUT2D eigenvalue weighted by Gasteiger charge is 2.05. The number of hydrogen-bond donors (Lipinski definition) is 2. The Morgan fingerprint density at radius 3 is 2.58 bits per heavy atom. The fourth-order valence-corrected chi connectivity index (χ4v) is 2.56. The zero-order valence-electron chi connectivity index (χ0n) is 10.1. The van der Waals surface area contributed by atoms with Crippen molar-refractivity contribution >= 4 is 38.8 Å². The van der Waals surface area contributed by atoms with Crippen LogP contribution in [0.2, 0.25) is 0 Å². The van der Waals surface area contributed by atoms with E-state index >= 15 is 0 Å². The predicted molar refractivity (Wildman–Crippen MR) is 80.9 cm³/mol. The van der Waals surface area contributed by atoms with Gasteiger partial charge >= 0.3 is 6.03 Å². The van der Waals surface area contributed by atoms with Gasteiger partial charge in [-0.15, -0.1) is 11.3 Å². The third-order valence-electron chi connectivity index (χ3n) is 2.80. The van der Waals surface area contributed by atoms with Crippen molar-refractivity contribution in [1.82, 2.24) is 0 Å². The summed E-state index contributed by atoms with van der Waals surface area (Å²) < 4.78 is 0. The van der Waals surface area contributed by atoms with E-state index in [-0.39, 0.29) is 6.03 Å². The van der Waals surface area contributed by atoms with Crippen molar-refractivity contribution < 1.29 is 4.79 Å². The van der Waals surface area contributed by atoms with Crippen molar-refractivity contribution in [2.45, 2.75) is 0 Å². The van der Waals surface area contributed by atoms with E-state index in [0.29, 0.717) is 0 Å². The highest BCUT2D eigenvalue weighted by Crippen LogP contribution is 2.23. The number of carbonyl (C=O) groups excluding carboxylic acids is 1. The minimum absolute atomic E-state index is 0.223. The van der Waals surface area contributed by atoms with E-state index in [4.69, 9.17) is 0 Å². The molecule has 3 rings (SSSR count). The lowest BCUT2D eigenvalue weighted by Crippen LogP contribution is -2.18. The van der Waals surface area contributed by atoms with Gasteiger partial charge in [0, 0.05) is 5.39 Å². The van der Waals surface area contributed by atoms with Crippen LogP contribution in [0.1, 0.15) is 0 Å². The summed E-state index contributed by atoms with van der Waals surface area (Å²) in [6, 6.07) is 17.4. The summed E-state index contributed by atoms with van der Waals surface area (Å²) in [4.78, 5) is 11.9. The molecule has 0 radical (unpaired) electrons. The van der Waals surface area contributed by atoms with Crippen LogP contribution in [-0.4, -0.2) is 6.03 Å². The molecule has 0 atom stereocenters. The standard InChI is InChI=1S/C15H12N2OS/c18-15(17-14-9-4-10-19-14)16-13-8-3-6-11-5-1-2-7-12(11)13/h1-10H,(H2,16,17,18). The second-order valence-electron chi connectivity index (χ2n) is 4.08. The fourth-order valence-electron chi connectivity index (χ4n) is 1.95. The Labute approximate surface area is 114 Å². The van der Waals surface area contributed by atoms with Gasteiger partial charge in [-0.3, -0.25) is 5.32 Å². The number of hydrogen-bond acceptors (Lipinski definition) is 2. The fraction of sp³-hybridized carbons (Fsp3) is 0. The van der Waals surface area contributed by atoms with Crippen molar-refractivity contribution in [3.05, 3.63) is 60.0 Å². The molecule has 0 aliphatic rings. The van der Waals surface area contributed by atoms with Crippen molar-refractivity contribution in [3.63, 3.8) is 0 Å². The molecule has 0 spiro atoms. The molecule has 2 aromatic carbocycles. The number of fused-ring (bicyclic) bond motifs is 1. The maximum atomic E-state index is 11.9. The van der Waals surface area contributed by atoms with Crippen LogP contribution in [0.25, 0.3) is 10.8 Å². The van der Waals surface area contributed by atoms with E-state index in [1.807, 2.05) is 60.0 Å². The highest BCUT2D eigenvalue weighted by atomic mass is 32.1. The van der Waals surface area contributed by atoms with Gasteiger partial charge in [-0.05, 0) is 29.0 Å². The van der Waals surface area contributed by atoms with Crippen molar-refractivity contribution in [3.8, 4) is 0 Å². The van der Waals surface area contributed by atoms with E-state index in [1.54, 1.807) is 0 Å². The summed E-state index contributed by atoms with van der Waals surface area (Å²) in [5, 5.41) is 10.6. The zero-order valence-corrected chi connectivity index (χ0v) is 10.9. The zero-order chi connectivity index (χ0) is 13.1. The Balaban J connectivity index is 1.83. The van der Waals surface area contributed by atoms with Crippen LogP contribution < -0.4 is 10.6 Å². The number of carbonyl (C=O) groups is 1. The number of anilines is 2. The van der Waals surface area contributed by atoms with Gasteiger partial charge in [0.25, 0.3) is 0 Å². The highest BCUT2D eigenvalue weighted by molar-refractivity contribution is 7.14. The van der Waals surface area contributed by atoms with Gasteiger partial charge in [0.05, 0.1) is 10.7 Å². The number of amides is 2. The van der Waals surface area contributed by atoms with E-state index in [1.165, 1.54) is 11.3 Å². The maximum absolute atomic E-state index is 11.9. The SMILES string of the molecule is O=C(Nc1cccs1)Nc1cccc2ccccc12. The average Bonchev–Trinajstić information content (AvgIpc) is 2.92. The van der Waals surface area contributed by atoms with Gasteiger partial charge in [0.15, 0.2) is 0 Å². The largest absolute Gasteiger partial charge is 0.324 e. The maximum Gasteiger partial charge on any atom is 0.324 e. The Bertz CT molecular complexity index is 702. The van der Waals surface area contributed by atoms with Crippen LogP contribution in [0.3, 0.4) is 0 Å². The van der Waals surface area contributed by atoms with Crippen LogP contribution in [0, 0.1) is 0 Å². The molecule has 1 aromatic heterocycles. The molecular weight excluding hydrogens is 256 g/mol. The molecule has 94 valence electrons. The Morgan fingerprint density at radius 1 is 0.895 bits per heavy atom. The van der Waals surface area contributed by atoms with Crippen LogP contribution in [-0.2, 0) is 0 Å². The van der Waals surface area contributed by atoms with Gasteiger partial charge in [0.1, 0.15) is 0 Å². The molecular formula is C15H12N2OS. The first-order valence-corrected chi connectivity index (χ1v) is 6.80. The first-order chi connectivity index (χ1) is 9.33. The van der Waals surface area contributed by atoms with Crippen LogP contribution in [0.5, 0.6) is 0 Å². The molecule has 0 saturated carbocycles. The minimum Gasteiger partial charge on any atom is -0.307 e. The number of nitrogens with one attached hydrogen (secondary N) is 2. The summed E-state index contributed by atoms with van der Waals surface area (Å²) in [5.74, 6) is 0.